The molecule has 0 aromatic rings. The van der Waals surface area contributed by atoms with E-state index in [9.17, 15) is 0 Å². The van der Waals surface area contributed by atoms with Gasteiger partial charge in [-0.2, -0.15) is 0 Å². The van der Waals surface area contributed by atoms with E-state index in [1.54, 1.807) is 0 Å². The molecule has 0 aromatic carbocycles. The van der Waals surface area contributed by atoms with Crippen LogP contribution in [0.15, 0.2) is 0 Å². The third-order valence-corrected chi connectivity index (χ3v) is 0. The van der Waals surface area contributed by atoms with Gasteiger partial charge < -0.3 is 16.4 Å². The van der Waals surface area contributed by atoms with E-state index in [-0.39, 0.29) is 66.2 Å². The van der Waals surface area contributed by atoms with Gasteiger partial charge in [0.05, 0.1) is 0 Å². The van der Waals surface area contributed by atoms with Gasteiger partial charge in [0, 0.05) is 0 Å². The zero-order valence-electron chi connectivity index (χ0n) is 2.30. The second-order valence-electron chi connectivity index (χ2n) is 0. The molecule has 0 heterocycles. The summed E-state index contributed by atoms with van der Waals surface area (Å²) < 4.78 is 0. The summed E-state index contributed by atoms with van der Waals surface area (Å²) in [5.74, 6) is 0. The molecule has 0 saturated carbocycles. The van der Waals surface area contributed by atoms with Crippen molar-refractivity contribution in [3.8, 4) is 0 Å². The third kappa shape index (κ3) is 29.1. The van der Waals surface area contributed by atoms with E-state index in [4.69, 9.17) is 0 Å². The molecule has 0 aromatic heterocycles. The van der Waals surface area contributed by atoms with Crippen LogP contribution in [0.1, 0.15) is 0 Å². The molecule has 0 aliphatic heterocycles. The summed E-state index contributed by atoms with van der Waals surface area (Å²) in [7, 11) is 0. The predicted molar refractivity (Wildman–Crippen MR) is 13.6 cm³/mol. The van der Waals surface area contributed by atoms with Crippen LogP contribution in [-0.4, -0.2) is 49.8 Å². The third-order valence-electron chi connectivity index (χ3n) is 0. The van der Waals surface area contributed by atoms with Crippen LogP contribution in [-0.2, 0) is 16.4 Å². The fourth-order valence-corrected chi connectivity index (χ4v) is 0. The Hall–Kier alpha value is 1.55. The van der Waals surface area contributed by atoms with E-state index in [1.807, 2.05) is 0 Å². The molecule has 0 unspecified atom stereocenters. The standard InChI is InChI=1S/In.3O.Sn/q+3;3*-2;+4. The number of hydrogen-bond acceptors (Lipinski definition) is 0. The van der Waals surface area contributed by atoms with Crippen LogP contribution in [0.2, 0.25) is 0 Å². The molecule has 0 spiro atoms. The van der Waals surface area contributed by atoms with Gasteiger partial charge in [-0.15, -0.1) is 0 Å². The fraction of sp³-hybridized carbons (Fsp3) is 0. The Morgan fingerprint density at radius 3 is 0.600 bits per heavy atom. The van der Waals surface area contributed by atoms with Gasteiger partial charge in [-0.05, 0) is 0 Å². The predicted octanol–water partition coefficient (Wildman–Crippen LogP) is -1.12. The van der Waals surface area contributed by atoms with Gasteiger partial charge in [-0.25, -0.2) is 0 Å². The largest absolute Gasteiger partial charge is 4.00 e. The van der Waals surface area contributed by atoms with E-state index in [1.165, 1.54) is 0 Å². The second-order valence-corrected chi connectivity index (χ2v) is 0. The summed E-state index contributed by atoms with van der Waals surface area (Å²) >= 11 is 0. The molecule has 5 heteroatoms. The molecular weight excluding hydrogens is 282 g/mol. The Kier molecular flexibility index (Phi) is 805. The van der Waals surface area contributed by atoms with E-state index < -0.39 is 0 Å². The summed E-state index contributed by atoms with van der Waals surface area (Å²) in [5, 5.41) is 0. The molecule has 0 saturated heterocycles. The molecule has 5 heavy (non-hydrogen) atoms. The topological polar surface area (TPSA) is 85.5 Å². The van der Waals surface area contributed by atoms with Crippen molar-refractivity contribution >= 4 is 49.8 Å². The molecule has 0 fully saturated rings. The smallest absolute Gasteiger partial charge is 2.00 e. The van der Waals surface area contributed by atoms with E-state index in [0.717, 1.165) is 0 Å². The van der Waals surface area contributed by atoms with Crippen molar-refractivity contribution in [2.24, 2.45) is 0 Å². The van der Waals surface area contributed by atoms with E-state index >= 15 is 0 Å². The average molecular weight is 282 g/mol. The van der Waals surface area contributed by atoms with Crippen LogP contribution in [0.25, 0.3) is 0 Å². The van der Waals surface area contributed by atoms with Gasteiger partial charge in [0.2, 0.25) is 0 Å². The minimum Gasteiger partial charge on any atom is -2.00 e. The summed E-state index contributed by atoms with van der Waals surface area (Å²) in [6.07, 6.45) is 0. The Bertz CT molecular complexity index is 6.85. The number of hydrogen-bond donors (Lipinski definition) is 0. The van der Waals surface area contributed by atoms with Gasteiger partial charge in [-0.1, -0.05) is 0 Å². The van der Waals surface area contributed by atoms with Crippen LogP contribution in [0, 0.1) is 0 Å². The van der Waals surface area contributed by atoms with E-state index in [0.29, 0.717) is 0 Å². The van der Waals surface area contributed by atoms with Crippen molar-refractivity contribution in [1.82, 2.24) is 0 Å². The van der Waals surface area contributed by atoms with Gasteiger partial charge in [0.25, 0.3) is 0 Å². The molecule has 0 atom stereocenters. The summed E-state index contributed by atoms with van der Waals surface area (Å²) in [4.78, 5) is 0. The van der Waals surface area contributed by atoms with Crippen molar-refractivity contribution < 1.29 is 16.4 Å². The normalized spacial score (nSPS) is 0. The zero-order chi connectivity index (χ0) is 0. The van der Waals surface area contributed by atoms with Gasteiger partial charge in [0.15, 0.2) is 0 Å². The minimum atomic E-state index is 0. The summed E-state index contributed by atoms with van der Waals surface area (Å²) in [6, 6.07) is 0. The number of rotatable bonds is 0. The molecular formula is InO3Sn+. The zero-order valence-corrected chi connectivity index (χ0v) is 8.45. The maximum Gasteiger partial charge on any atom is 4.00 e. The van der Waals surface area contributed by atoms with Gasteiger partial charge in [-0.3, -0.25) is 0 Å². The molecule has 0 aliphatic rings. The van der Waals surface area contributed by atoms with Crippen LogP contribution < -0.4 is 0 Å². The van der Waals surface area contributed by atoms with Crippen LogP contribution in [0.5, 0.6) is 0 Å². The van der Waals surface area contributed by atoms with Crippen molar-refractivity contribution in [2.45, 2.75) is 0 Å². The molecule has 0 amide bonds. The van der Waals surface area contributed by atoms with Crippen molar-refractivity contribution in [3.05, 3.63) is 0 Å². The molecule has 0 aliphatic carbocycles. The first-order valence-corrected chi connectivity index (χ1v) is 0. The molecule has 0 radical (unpaired) electrons. The molecule has 0 rings (SSSR count). The Labute approximate surface area is 65.8 Å². The SMILES string of the molecule is [In+3].[O-2].[O-2].[O-2].[Sn+4]. The molecule has 0 bridgehead atoms. The maximum atomic E-state index is 0. The first kappa shape index (κ1) is 84.1. The minimum absolute atomic E-state index is 0. The average Bonchev–Trinajstić information content (AvgIpc) is 0. The monoisotopic (exact) mass is 283 g/mol. The van der Waals surface area contributed by atoms with Crippen LogP contribution in [0.3, 0.4) is 0 Å². The Balaban J connectivity index is 0. The maximum absolute atomic E-state index is 0. The van der Waals surface area contributed by atoms with Crippen molar-refractivity contribution in [2.75, 3.05) is 0 Å². The Morgan fingerprint density at radius 1 is 0.600 bits per heavy atom. The van der Waals surface area contributed by atoms with Crippen LogP contribution >= 0.6 is 0 Å². The molecule has 0 N–H and O–H groups in total. The first-order valence-electron chi connectivity index (χ1n) is 0. The van der Waals surface area contributed by atoms with Gasteiger partial charge in [0.1, 0.15) is 0 Å². The van der Waals surface area contributed by atoms with Crippen molar-refractivity contribution in [3.63, 3.8) is 0 Å². The van der Waals surface area contributed by atoms with Crippen molar-refractivity contribution in [1.29, 1.82) is 0 Å². The van der Waals surface area contributed by atoms with E-state index in [2.05, 4.69) is 0 Å². The molecule has 24 valence electrons. The summed E-state index contributed by atoms with van der Waals surface area (Å²) in [6.45, 7) is 0. The van der Waals surface area contributed by atoms with Gasteiger partial charge >= 0.3 is 49.8 Å². The summed E-state index contributed by atoms with van der Waals surface area (Å²) in [5.41, 5.74) is 0. The van der Waals surface area contributed by atoms with Crippen LogP contribution in [0.4, 0.5) is 0 Å². The Morgan fingerprint density at radius 2 is 0.600 bits per heavy atom. The quantitative estimate of drug-likeness (QED) is 0.504. The second kappa shape index (κ2) is 47.9. The fourth-order valence-electron chi connectivity index (χ4n) is 0. The molecule has 3 nitrogen and oxygen atoms in total. The first-order chi connectivity index (χ1) is 0.